The number of hydrogen-bond acceptors (Lipinski definition) is 6. The van der Waals surface area contributed by atoms with Gasteiger partial charge >= 0.3 is 0 Å². The lowest BCUT2D eigenvalue weighted by molar-refractivity contribution is -0.0853. The second-order valence-electron chi connectivity index (χ2n) is 6.23. The van der Waals surface area contributed by atoms with Crippen molar-refractivity contribution in [3.63, 3.8) is 0 Å². The molecule has 6 nitrogen and oxygen atoms in total. The van der Waals surface area contributed by atoms with E-state index in [-0.39, 0.29) is 5.23 Å². The highest BCUT2D eigenvalue weighted by Gasteiger charge is 2.24. The van der Waals surface area contributed by atoms with E-state index in [1.54, 1.807) is 12.1 Å². The summed E-state index contributed by atoms with van der Waals surface area (Å²) in [6.07, 6.45) is 0.987. The maximum Gasteiger partial charge on any atom is 0.245 e. The normalized spacial score (nSPS) is 15.6. The van der Waals surface area contributed by atoms with Crippen LogP contribution in [0.25, 0.3) is 0 Å². The van der Waals surface area contributed by atoms with Crippen molar-refractivity contribution in [2.75, 3.05) is 5.32 Å². The van der Waals surface area contributed by atoms with E-state index in [1.807, 2.05) is 43.3 Å². The molecule has 1 N–H and O–H groups in total. The van der Waals surface area contributed by atoms with E-state index in [9.17, 15) is 4.48 Å². The Kier molecular flexibility index (Phi) is 4.65. The molecule has 4 rings (SSSR count). The Hall–Kier alpha value is -3.48. The minimum atomic E-state index is -0.841. The number of nitrogens with one attached hydrogen (secondary N) is 1. The lowest BCUT2D eigenvalue weighted by Gasteiger charge is -2.14. The van der Waals surface area contributed by atoms with E-state index in [2.05, 4.69) is 32.5 Å². The van der Waals surface area contributed by atoms with E-state index in [1.165, 1.54) is 5.56 Å². The number of hydrogen-bond donors (Lipinski definition) is 1. The van der Waals surface area contributed by atoms with Gasteiger partial charge in [0.1, 0.15) is 0 Å². The van der Waals surface area contributed by atoms with E-state index >= 15 is 0 Å². The van der Waals surface area contributed by atoms with Crippen molar-refractivity contribution < 1.29 is 9.22 Å². The molecule has 1 aromatic heterocycles. The van der Waals surface area contributed by atoms with Gasteiger partial charge in [0.2, 0.25) is 12.2 Å². The zero-order valence-corrected chi connectivity index (χ0v) is 14.7. The number of halogens is 1. The molecule has 136 valence electrons. The van der Waals surface area contributed by atoms with Crippen LogP contribution in [0.2, 0.25) is 0 Å². The molecule has 1 unspecified atom stereocenters. The first-order valence-electron chi connectivity index (χ1n) is 8.56. The van der Waals surface area contributed by atoms with Gasteiger partial charge in [-0.15, -0.1) is 5.10 Å². The first-order chi connectivity index (χ1) is 13.2. The molecule has 2 heterocycles. The summed E-state index contributed by atoms with van der Waals surface area (Å²) in [4.78, 5) is 9.05. The summed E-state index contributed by atoms with van der Waals surface area (Å²) in [5.74, 6) is 0.529. The van der Waals surface area contributed by atoms with Crippen molar-refractivity contribution >= 4 is 18.0 Å². The summed E-state index contributed by atoms with van der Waals surface area (Å²) in [5, 5.41) is 6.90. The number of ether oxygens (including phenoxy) is 1. The Balaban J connectivity index is 1.49. The number of anilines is 2. The van der Waals surface area contributed by atoms with Gasteiger partial charge < -0.3 is 10.1 Å². The lowest BCUT2D eigenvalue weighted by atomic mass is 10.1. The Morgan fingerprint density at radius 2 is 1.85 bits per heavy atom. The highest BCUT2D eigenvalue weighted by molar-refractivity contribution is 5.55. The van der Waals surface area contributed by atoms with E-state index < -0.39 is 6.23 Å². The van der Waals surface area contributed by atoms with Crippen LogP contribution in [0.15, 0.2) is 65.8 Å². The average molecular weight is 363 g/mol. The Bertz CT molecular complexity index is 946. The van der Waals surface area contributed by atoms with E-state index in [0.717, 1.165) is 29.9 Å². The molecule has 3 aromatic rings. The molecule has 0 aliphatic carbocycles. The molecular weight excluding hydrogens is 345 g/mol. The smallest absolute Gasteiger partial charge is 0.245 e. The summed E-state index contributed by atoms with van der Waals surface area (Å²) in [6.45, 7) is 1.94. The second-order valence-corrected chi connectivity index (χ2v) is 6.23. The summed E-state index contributed by atoms with van der Waals surface area (Å²) >= 11 is 0. The van der Waals surface area contributed by atoms with Gasteiger partial charge in [0.25, 0.3) is 0 Å². The molecule has 0 saturated heterocycles. The number of aromatic nitrogens is 2. The maximum absolute atomic E-state index is 13.5. The molecule has 1 aliphatic rings. The molecule has 2 aromatic carbocycles. The minimum Gasteiger partial charge on any atom is -0.450 e. The summed E-state index contributed by atoms with van der Waals surface area (Å²) < 4.78 is 18.6. The zero-order valence-electron chi connectivity index (χ0n) is 14.7. The third-order valence-electron chi connectivity index (χ3n) is 4.13. The van der Waals surface area contributed by atoms with Crippen LogP contribution in [0.1, 0.15) is 28.7 Å². The molecule has 0 spiro atoms. The average Bonchev–Trinajstić information content (AvgIpc) is 3.09. The number of rotatable bonds is 5. The molecule has 0 saturated carbocycles. The molecule has 1 atom stereocenters. The molecule has 0 amide bonds. The quantitative estimate of drug-likeness (QED) is 0.686. The maximum atomic E-state index is 13.5. The van der Waals surface area contributed by atoms with Crippen molar-refractivity contribution in [2.24, 2.45) is 5.10 Å². The van der Waals surface area contributed by atoms with Crippen LogP contribution in [0.5, 0.6) is 0 Å². The number of hydrazone groups is 1. The van der Waals surface area contributed by atoms with Crippen molar-refractivity contribution in [1.82, 2.24) is 15.2 Å². The Morgan fingerprint density at radius 3 is 2.56 bits per heavy atom. The number of nitrogens with zero attached hydrogens (tertiary/aromatic N) is 4. The molecule has 0 radical (unpaired) electrons. The van der Waals surface area contributed by atoms with E-state index in [0.29, 0.717) is 11.5 Å². The van der Waals surface area contributed by atoms with Crippen LogP contribution in [-0.4, -0.2) is 21.6 Å². The molecular formula is C20H18FN5O. The van der Waals surface area contributed by atoms with Gasteiger partial charge in [-0.05, 0) is 30.7 Å². The van der Waals surface area contributed by atoms with Gasteiger partial charge in [-0.1, -0.05) is 52.2 Å². The molecule has 27 heavy (non-hydrogen) atoms. The van der Waals surface area contributed by atoms with Crippen LogP contribution in [-0.2, 0) is 11.2 Å². The number of aryl methyl sites for hydroxylation is 1. The second kappa shape index (κ2) is 7.41. The summed E-state index contributed by atoms with van der Waals surface area (Å²) in [7, 11) is 0. The van der Waals surface area contributed by atoms with E-state index in [4.69, 9.17) is 4.74 Å². The molecule has 1 aliphatic heterocycles. The molecule has 0 bridgehead atoms. The zero-order chi connectivity index (χ0) is 18.6. The predicted molar refractivity (Wildman–Crippen MR) is 101 cm³/mol. The topological polar surface area (TPSA) is 62.6 Å². The third kappa shape index (κ3) is 4.03. The highest BCUT2D eigenvalue weighted by atomic mass is 19.2. The lowest BCUT2D eigenvalue weighted by Crippen LogP contribution is -2.11. The van der Waals surface area contributed by atoms with Gasteiger partial charge in [-0.2, -0.15) is 0 Å². The largest absolute Gasteiger partial charge is 0.450 e. The van der Waals surface area contributed by atoms with Crippen LogP contribution >= 0.6 is 0 Å². The third-order valence-corrected chi connectivity index (χ3v) is 4.13. The fourth-order valence-electron chi connectivity index (χ4n) is 2.89. The van der Waals surface area contributed by atoms with Crippen LogP contribution in [0.3, 0.4) is 0 Å². The van der Waals surface area contributed by atoms with Gasteiger partial charge in [0, 0.05) is 23.4 Å². The molecule has 7 heteroatoms. The van der Waals surface area contributed by atoms with Crippen molar-refractivity contribution in [3.8, 4) is 0 Å². The van der Waals surface area contributed by atoms with Gasteiger partial charge in [0.05, 0.1) is 5.69 Å². The van der Waals surface area contributed by atoms with Gasteiger partial charge in [0.15, 0.2) is 6.40 Å². The first kappa shape index (κ1) is 17.0. The van der Waals surface area contributed by atoms with Gasteiger partial charge in [-0.3, -0.25) is 0 Å². The highest BCUT2D eigenvalue weighted by Crippen LogP contribution is 2.27. The monoisotopic (exact) mass is 363 g/mol. The number of benzene rings is 2. The molecule has 0 fully saturated rings. The van der Waals surface area contributed by atoms with Crippen molar-refractivity contribution in [2.45, 2.75) is 19.6 Å². The summed E-state index contributed by atoms with van der Waals surface area (Å²) in [5.41, 5.74) is 4.49. The standard InChI is InChI=1S/C20H18FN5O/c1-14-11-18(12-15-5-3-2-4-6-15)25-20(23-14)24-17-9-7-16(8-10-17)19-26(21)22-13-27-19/h2-11,13,19H,12H2,1H3,(H,23,24,25). The Labute approximate surface area is 156 Å². The first-order valence-corrected chi connectivity index (χ1v) is 8.56. The van der Waals surface area contributed by atoms with Crippen LogP contribution in [0, 0.1) is 6.92 Å². The predicted octanol–water partition coefficient (Wildman–Crippen LogP) is 4.28. The SMILES string of the molecule is Cc1cc(Cc2ccccc2)nc(Nc2ccc(C3OC=NN3F)cc2)n1. The van der Waals surface area contributed by atoms with Crippen molar-refractivity contribution in [1.29, 1.82) is 0 Å². The Morgan fingerprint density at radius 1 is 1.07 bits per heavy atom. The minimum absolute atomic E-state index is 0.280. The van der Waals surface area contributed by atoms with Crippen LogP contribution in [0.4, 0.5) is 16.1 Å². The fraction of sp³-hybridized carbons (Fsp3) is 0.150. The van der Waals surface area contributed by atoms with Crippen molar-refractivity contribution in [3.05, 3.63) is 83.2 Å². The summed E-state index contributed by atoms with van der Waals surface area (Å²) in [6, 6.07) is 19.4. The van der Waals surface area contributed by atoms with Crippen LogP contribution < -0.4 is 5.32 Å². The van der Waals surface area contributed by atoms with Gasteiger partial charge in [-0.25, -0.2) is 9.97 Å². The fourth-order valence-corrected chi connectivity index (χ4v) is 2.89.